The number of aromatic hydroxyl groups is 1. The van der Waals surface area contributed by atoms with Crippen LogP contribution in [0.2, 0.25) is 0 Å². The van der Waals surface area contributed by atoms with Crippen LogP contribution in [-0.4, -0.2) is 21.5 Å². The quantitative estimate of drug-likeness (QED) is 0.717. The van der Waals surface area contributed by atoms with Crippen LogP contribution in [0.3, 0.4) is 0 Å². The average Bonchev–Trinajstić information content (AvgIpc) is 2.90. The summed E-state index contributed by atoms with van der Waals surface area (Å²) in [5.74, 6) is -1.96. The van der Waals surface area contributed by atoms with E-state index in [1.807, 2.05) is 6.92 Å². The summed E-state index contributed by atoms with van der Waals surface area (Å²) in [6, 6.07) is 10.1. The Morgan fingerprint density at radius 2 is 1.96 bits per heavy atom. The van der Waals surface area contributed by atoms with E-state index in [-0.39, 0.29) is 11.3 Å². The van der Waals surface area contributed by atoms with Crippen LogP contribution in [0, 0.1) is 12.7 Å². The molecule has 1 aromatic heterocycles. The van der Waals surface area contributed by atoms with Crippen molar-refractivity contribution >= 4 is 22.7 Å². The third kappa shape index (κ3) is 3.30. The number of benzene rings is 2. The molecule has 5 nitrogen and oxygen atoms in total. The molecule has 1 atom stereocenters. The summed E-state index contributed by atoms with van der Waals surface area (Å²) in [6.45, 7) is 3.68. The van der Waals surface area contributed by atoms with Crippen molar-refractivity contribution in [3.05, 3.63) is 65.1 Å². The van der Waals surface area contributed by atoms with Crippen molar-refractivity contribution in [2.75, 3.05) is 0 Å². The normalized spacial score (nSPS) is 12.3. The number of carbonyl (C=O) groups excluding carboxylic acids is 2. The van der Waals surface area contributed by atoms with E-state index >= 15 is 0 Å². The molecule has 3 aromatic rings. The lowest BCUT2D eigenvalue weighted by molar-refractivity contribution is -0.119. The van der Waals surface area contributed by atoms with E-state index in [1.165, 1.54) is 41.0 Å². The van der Waals surface area contributed by atoms with Gasteiger partial charge >= 0.3 is 0 Å². The fourth-order valence-electron chi connectivity index (χ4n) is 3.60. The second-order valence-corrected chi connectivity index (χ2v) is 6.60. The minimum absolute atomic E-state index is 0.0267. The molecular weight excluding hydrogens is 347 g/mol. The number of phenolic OH excluding ortho intramolecular Hbond substituents is 1. The van der Waals surface area contributed by atoms with Crippen LogP contribution in [0.25, 0.3) is 10.9 Å². The number of hydrogen-bond acceptors (Lipinski definition) is 3. The molecule has 1 unspecified atom stereocenters. The van der Waals surface area contributed by atoms with Gasteiger partial charge < -0.3 is 10.8 Å². The molecule has 2 aromatic carbocycles. The van der Waals surface area contributed by atoms with Crippen LogP contribution in [0.1, 0.15) is 47.3 Å². The maximum absolute atomic E-state index is 13.6. The second kappa shape index (κ2) is 7.23. The van der Waals surface area contributed by atoms with Gasteiger partial charge in [0.1, 0.15) is 11.6 Å². The van der Waals surface area contributed by atoms with E-state index in [1.54, 1.807) is 13.0 Å². The molecule has 0 spiro atoms. The molecule has 0 saturated carbocycles. The van der Waals surface area contributed by atoms with Crippen LogP contribution < -0.4 is 5.73 Å². The molecule has 1 amide bonds. The third-order valence-corrected chi connectivity index (χ3v) is 4.78. The molecule has 0 fully saturated rings. The largest absolute Gasteiger partial charge is 0.508 e. The number of hydrogen-bond donors (Lipinski definition) is 2. The lowest BCUT2D eigenvalue weighted by atomic mass is 9.91. The number of amides is 1. The molecule has 0 radical (unpaired) electrons. The van der Waals surface area contributed by atoms with Crippen molar-refractivity contribution in [3.8, 4) is 5.75 Å². The van der Waals surface area contributed by atoms with Crippen molar-refractivity contribution in [3.63, 3.8) is 0 Å². The summed E-state index contributed by atoms with van der Waals surface area (Å²) in [5.41, 5.74) is 7.54. The highest BCUT2D eigenvalue weighted by Crippen LogP contribution is 2.36. The molecular formula is C21H21FN2O3. The predicted octanol–water partition coefficient (Wildman–Crippen LogP) is 3.85. The van der Waals surface area contributed by atoms with Crippen LogP contribution in [0.5, 0.6) is 5.75 Å². The topological polar surface area (TPSA) is 85.3 Å². The zero-order chi connectivity index (χ0) is 19.7. The Hall–Kier alpha value is -3.15. The molecule has 0 aliphatic rings. The van der Waals surface area contributed by atoms with Gasteiger partial charge in [0.15, 0.2) is 0 Å². The lowest BCUT2D eigenvalue weighted by Crippen LogP contribution is -2.22. The number of aromatic nitrogens is 1. The van der Waals surface area contributed by atoms with E-state index in [0.29, 0.717) is 28.6 Å². The van der Waals surface area contributed by atoms with Crippen LogP contribution >= 0.6 is 0 Å². The first-order valence-electron chi connectivity index (χ1n) is 8.78. The van der Waals surface area contributed by atoms with Gasteiger partial charge in [-0.15, -0.1) is 0 Å². The number of halogens is 1. The van der Waals surface area contributed by atoms with Crippen LogP contribution in [-0.2, 0) is 4.79 Å². The Balaban J connectivity index is 2.29. The summed E-state index contributed by atoms with van der Waals surface area (Å²) in [7, 11) is 0. The summed E-state index contributed by atoms with van der Waals surface area (Å²) >= 11 is 0. The monoisotopic (exact) mass is 368 g/mol. The van der Waals surface area contributed by atoms with Crippen molar-refractivity contribution in [2.45, 2.75) is 32.6 Å². The number of fused-ring (bicyclic) bond motifs is 1. The van der Waals surface area contributed by atoms with Gasteiger partial charge in [0, 0.05) is 16.6 Å². The fraction of sp³-hybridized carbons (Fsp3) is 0.238. The molecule has 3 N–H and O–H groups in total. The molecule has 3 rings (SSSR count). The number of phenols is 1. The van der Waals surface area contributed by atoms with Crippen molar-refractivity contribution in [2.24, 2.45) is 5.73 Å². The van der Waals surface area contributed by atoms with Gasteiger partial charge in [0.25, 0.3) is 5.91 Å². The highest BCUT2D eigenvalue weighted by atomic mass is 19.1. The van der Waals surface area contributed by atoms with Crippen molar-refractivity contribution < 1.29 is 19.1 Å². The molecule has 0 aliphatic heterocycles. The third-order valence-electron chi connectivity index (χ3n) is 4.78. The lowest BCUT2D eigenvalue weighted by Gasteiger charge is -2.14. The number of rotatable bonds is 5. The SMILES string of the molecule is CCCC(C(N)=O)c1c(C)n(C(=O)c2cccc(F)c2)c2ccc(O)cc12. The predicted molar refractivity (Wildman–Crippen MR) is 101 cm³/mol. The Kier molecular flexibility index (Phi) is 4.99. The van der Waals surface area contributed by atoms with Crippen LogP contribution in [0.4, 0.5) is 4.39 Å². The first kappa shape index (κ1) is 18.6. The smallest absolute Gasteiger partial charge is 0.262 e. The van der Waals surface area contributed by atoms with E-state index < -0.39 is 23.5 Å². The Morgan fingerprint density at radius 3 is 2.59 bits per heavy atom. The Labute approximate surface area is 156 Å². The van der Waals surface area contributed by atoms with E-state index in [0.717, 1.165) is 6.42 Å². The fourth-order valence-corrected chi connectivity index (χ4v) is 3.60. The molecule has 6 heteroatoms. The molecule has 0 saturated heterocycles. The molecule has 1 heterocycles. The average molecular weight is 368 g/mol. The number of carbonyl (C=O) groups is 2. The van der Waals surface area contributed by atoms with Gasteiger partial charge in [-0.2, -0.15) is 0 Å². The molecule has 0 aliphatic carbocycles. The maximum atomic E-state index is 13.6. The Morgan fingerprint density at radius 1 is 1.22 bits per heavy atom. The van der Waals surface area contributed by atoms with Crippen LogP contribution in [0.15, 0.2) is 42.5 Å². The maximum Gasteiger partial charge on any atom is 0.262 e. The zero-order valence-corrected chi connectivity index (χ0v) is 15.2. The zero-order valence-electron chi connectivity index (χ0n) is 15.2. The molecule has 27 heavy (non-hydrogen) atoms. The van der Waals surface area contributed by atoms with E-state index in [9.17, 15) is 19.1 Å². The molecule has 0 bridgehead atoms. The second-order valence-electron chi connectivity index (χ2n) is 6.60. The van der Waals surface area contributed by atoms with E-state index in [4.69, 9.17) is 5.73 Å². The van der Waals surface area contributed by atoms with Crippen molar-refractivity contribution in [1.29, 1.82) is 0 Å². The number of nitrogens with two attached hydrogens (primary N) is 1. The summed E-state index contributed by atoms with van der Waals surface area (Å²) in [6.07, 6.45) is 1.26. The van der Waals surface area contributed by atoms with Gasteiger partial charge in [0.2, 0.25) is 5.91 Å². The highest BCUT2D eigenvalue weighted by Gasteiger charge is 2.28. The summed E-state index contributed by atoms with van der Waals surface area (Å²) in [4.78, 5) is 25.2. The standard InChI is InChI=1S/C21H21FN2O3/c1-3-5-16(20(23)26)19-12(2)24(18-9-8-15(25)11-17(18)19)21(27)13-6-4-7-14(22)10-13/h4,6-11,16,25H,3,5H2,1-2H3,(H2,23,26). The van der Waals surface area contributed by atoms with Gasteiger partial charge in [0.05, 0.1) is 11.4 Å². The van der Waals surface area contributed by atoms with Gasteiger partial charge in [-0.1, -0.05) is 19.4 Å². The van der Waals surface area contributed by atoms with Gasteiger partial charge in [-0.25, -0.2) is 4.39 Å². The van der Waals surface area contributed by atoms with E-state index in [2.05, 4.69) is 0 Å². The first-order chi connectivity index (χ1) is 12.8. The first-order valence-corrected chi connectivity index (χ1v) is 8.78. The number of nitrogens with zero attached hydrogens (tertiary/aromatic N) is 1. The highest BCUT2D eigenvalue weighted by molar-refractivity contribution is 6.05. The Bertz CT molecular complexity index is 1040. The summed E-state index contributed by atoms with van der Waals surface area (Å²) < 4.78 is 15.0. The minimum atomic E-state index is -0.583. The van der Waals surface area contributed by atoms with Gasteiger partial charge in [-0.05, 0) is 55.3 Å². The van der Waals surface area contributed by atoms with Crippen molar-refractivity contribution in [1.82, 2.24) is 4.57 Å². The minimum Gasteiger partial charge on any atom is -0.508 e. The number of primary amides is 1. The van der Waals surface area contributed by atoms with Gasteiger partial charge in [-0.3, -0.25) is 14.2 Å². The molecule has 140 valence electrons. The summed E-state index contributed by atoms with van der Waals surface area (Å²) in [5, 5.41) is 10.5.